The Morgan fingerprint density at radius 3 is 2.21 bits per heavy atom. The number of cyclic esters (lactones) is 1. The van der Waals surface area contributed by atoms with E-state index in [4.69, 9.17) is 28.4 Å². The van der Waals surface area contributed by atoms with Gasteiger partial charge in [0.05, 0.1) is 12.1 Å². The van der Waals surface area contributed by atoms with E-state index >= 15 is 0 Å². The lowest BCUT2D eigenvalue weighted by atomic mass is 9.96. The van der Waals surface area contributed by atoms with Crippen LogP contribution in [0.25, 0.3) is 10.9 Å². The number of fused-ring (bicyclic) bond motifs is 3. The molecule has 5 atom stereocenters. The molecule has 2 aliphatic heterocycles. The fourth-order valence-corrected chi connectivity index (χ4v) is 5.18. The van der Waals surface area contributed by atoms with E-state index in [1.54, 1.807) is 12.1 Å². The first kappa shape index (κ1) is 27.6. The first-order chi connectivity index (χ1) is 18.0. The predicted octanol–water partition coefficient (Wildman–Crippen LogP) is 2.37. The second-order valence-electron chi connectivity index (χ2n) is 8.83. The number of hydrogen-bond donors (Lipinski definition) is 0. The van der Waals surface area contributed by atoms with Crippen molar-refractivity contribution in [3.63, 3.8) is 0 Å². The van der Waals surface area contributed by atoms with Crippen molar-refractivity contribution in [3.05, 3.63) is 33.9 Å². The Bertz CT molecular complexity index is 1300. The summed E-state index contributed by atoms with van der Waals surface area (Å²) in [5, 5.41) is 0.735. The van der Waals surface area contributed by atoms with Crippen LogP contribution in [0, 0.1) is 0 Å². The number of aromatic nitrogens is 1. The molecule has 4 rings (SSSR count). The number of nitrogens with zero attached hydrogens (tertiary/aromatic N) is 1. The summed E-state index contributed by atoms with van der Waals surface area (Å²) in [7, 11) is 0. The third kappa shape index (κ3) is 5.53. The summed E-state index contributed by atoms with van der Waals surface area (Å²) in [6.45, 7) is 4.42. The highest BCUT2D eigenvalue weighted by molar-refractivity contribution is 9.10. The number of benzene rings is 1. The molecule has 0 spiro atoms. The van der Waals surface area contributed by atoms with Crippen molar-refractivity contribution in [1.82, 2.24) is 4.57 Å². The molecule has 3 heterocycles. The minimum Gasteiger partial charge on any atom is -0.463 e. The van der Waals surface area contributed by atoms with Gasteiger partial charge >= 0.3 is 29.8 Å². The molecule has 0 radical (unpaired) electrons. The van der Waals surface area contributed by atoms with Gasteiger partial charge in [-0.2, -0.15) is 0 Å². The number of rotatable bonds is 6. The van der Waals surface area contributed by atoms with Crippen molar-refractivity contribution < 1.29 is 52.4 Å². The Balaban J connectivity index is 1.95. The molecule has 2 aromatic rings. The van der Waals surface area contributed by atoms with Gasteiger partial charge in [0.25, 0.3) is 0 Å². The zero-order chi connectivity index (χ0) is 27.7. The molecule has 0 unspecified atom stereocenters. The molecule has 13 heteroatoms. The molecular formula is C25H26BrNO11. The molecule has 0 bridgehead atoms. The fourth-order valence-electron chi connectivity index (χ4n) is 4.82. The van der Waals surface area contributed by atoms with E-state index in [1.807, 2.05) is 6.07 Å². The summed E-state index contributed by atoms with van der Waals surface area (Å²) in [6.07, 6.45) is -6.06. The monoisotopic (exact) mass is 595 g/mol. The van der Waals surface area contributed by atoms with Crippen LogP contribution in [-0.4, -0.2) is 72.0 Å². The third-order valence-electron chi connectivity index (χ3n) is 6.07. The van der Waals surface area contributed by atoms with Crippen molar-refractivity contribution in [2.75, 3.05) is 13.2 Å². The Hall–Kier alpha value is -3.45. The largest absolute Gasteiger partial charge is 0.463 e. The molecule has 12 nitrogen and oxygen atoms in total. The van der Waals surface area contributed by atoms with Crippen molar-refractivity contribution >= 4 is 56.7 Å². The molecule has 0 aliphatic carbocycles. The fraction of sp³-hybridized carbons (Fsp3) is 0.480. The van der Waals surface area contributed by atoms with Crippen LogP contribution in [0.5, 0.6) is 0 Å². The minimum atomic E-state index is -1.37. The van der Waals surface area contributed by atoms with Crippen LogP contribution in [0.2, 0.25) is 0 Å². The smallest absolute Gasteiger partial charge is 0.355 e. The molecule has 38 heavy (non-hydrogen) atoms. The average Bonchev–Trinajstić information content (AvgIpc) is 3.14. The van der Waals surface area contributed by atoms with Gasteiger partial charge in [0.15, 0.2) is 24.5 Å². The van der Waals surface area contributed by atoms with Gasteiger partial charge in [0, 0.05) is 44.0 Å². The van der Waals surface area contributed by atoms with Crippen molar-refractivity contribution in [2.24, 2.45) is 0 Å². The van der Waals surface area contributed by atoms with E-state index in [9.17, 15) is 24.0 Å². The maximum atomic E-state index is 13.1. The molecule has 2 aliphatic rings. The van der Waals surface area contributed by atoms with Crippen molar-refractivity contribution in [1.29, 1.82) is 0 Å². The van der Waals surface area contributed by atoms with Gasteiger partial charge in [-0.15, -0.1) is 0 Å². The minimum absolute atomic E-state index is 0.172. The van der Waals surface area contributed by atoms with Crippen molar-refractivity contribution in [2.45, 2.75) is 64.8 Å². The summed E-state index contributed by atoms with van der Waals surface area (Å²) < 4.78 is 35.6. The van der Waals surface area contributed by atoms with Gasteiger partial charge in [-0.1, -0.05) is 15.9 Å². The SMILES string of the molecule is CC(=O)OC[C@H]1O[C@@H](n2c3c(c4cc(Br)ccc42)CCOC3=O)[C@H](OC(C)=O)[C@@H](OC(C)=O)[C@H]1OC(C)=O. The highest BCUT2D eigenvalue weighted by Gasteiger charge is 2.54. The Kier molecular flexibility index (Phi) is 8.07. The van der Waals surface area contributed by atoms with Gasteiger partial charge in [-0.3, -0.25) is 19.2 Å². The number of ether oxygens (including phenoxy) is 6. The zero-order valence-electron chi connectivity index (χ0n) is 21.1. The quantitative estimate of drug-likeness (QED) is 0.358. The molecule has 0 saturated carbocycles. The first-order valence-corrected chi connectivity index (χ1v) is 12.6. The van der Waals surface area contributed by atoms with E-state index in [1.165, 1.54) is 11.5 Å². The Labute approximate surface area is 225 Å². The standard InChI is InChI=1S/C25H26BrNO11/c1-11(28)34-10-19-21(35-12(2)29)22(36-13(3)30)23(37-14(4)31)24(38-19)27-18-6-5-15(26)9-17(18)16-7-8-33-25(32)20(16)27/h5-6,9,19,21-24H,7-8,10H2,1-4H3/t19-,21+,22+,23-,24-/m1/s1. The lowest BCUT2D eigenvalue weighted by Gasteiger charge is -2.45. The van der Waals surface area contributed by atoms with Crippen LogP contribution < -0.4 is 0 Å². The Morgan fingerprint density at radius 2 is 1.58 bits per heavy atom. The molecule has 204 valence electrons. The molecule has 1 fully saturated rings. The van der Waals surface area contributed by atoms with Crippen molar-refractivity contribution in [3.8, 4) is 0 Å². The third-order valence-corrected chi connectivity index (χ3v) is 6.56. The van der Waals surface area contributed by atoms with Crippen LogP contribution in [0.3, 0.4) is 0 Å². The number of halogens is 1. The second kappa shape index (κ2) is 11.1. The van der Waals surface area contributed by atoms with E-state index < -0.39 is 60.5 Å². The number of carbonyl (C=O) groups excluding carboxylic acids is 5. The van der Waals surface area contributed by atoms with Gasteiger partial charge in [0.2, 0.25) is 0 Å². The van der Waals surface area contributed by atoms with Gasteiger partial charge in [-0.25, -0.2) is 4.79 Å². The maximum absolute atomic E-state index is 13.1. The number of carbonyl (C=O) groups is 5. The zero-order valence-corrected chi connectivity index (χ0v) is 22.6. The summed E-state index contributed by atoms with van der Waals surface area (Å²) >= 11 is 3.46. The topological polar surface area (TPSA) is 146 Å². The number of hydrogen-bond acceptors (Lipinski definition) is 11. The summed E-state index contributed by atoms with van der Waals surface area (Å²) in [4.78, 5) is 61.1. The molecule has 0 N–H and O–H groups in total. The highest BCUT2D eigenvalue weighted by Crippen LogP contribution is 2.41. The molecule has 0 amide bonds. The molecular weight excluding hydrogens is 570 g/mol. The highest BCUT2D eigenvalue weighted by atomic mass is 79.9. The average molecular weight is 596 g/mol. The molecule has 1 aromatic heterocycles. The van der Waals surface area contributed by atoms with Crippen LogP contribution in [0.4, 0.5) is 0 Å². The Morgan fingerprint density at radius 1 is 0.947 bits per heavy atom. The summed E-state index contributed by atoms with van der Waals surface area (Å²) in [5.74, 6) is -3.47. The van der Waals surface area contributed by atoms with Crippen LogP contribution >= 0.6 is 15.9 Å². The van der Waals surface area contributed by atoms with Crippen LogP contribution in [0.15, 0.2) is 22.7 Å². The van der Waals surface area contributed by atoms with Gasteiger partial charge in [0.1, 0.15) is 18.4 Å². The lowest BCUT2D eigenvalue weighted by molar-refractivity contribution is -0.267. The molecule has 1 aromatic carbocycles. The van der Waals surface area contributed by atoms with E-state index in [2.05, 4.69) is 15.9 Å². The normalized spacial score (nSPS) is 24.7. The second-order valence-corrected chi connectivity index (χ2v) is 9.75. The summed E-state index contributed by atoms with van der Waals surface area (Å²) in [5.41, 5.74) is 1.42. The van der Waals surface area contributed by atoms with E-state index in [0.717, 1.165) is 30.6 Å². The van der Waals surface area contributed by atoms with E-state index in [-0.39, 0.29) is 18.9 Å². The van der Waals surface area contributed by atoms with Gasteiger partial charge in [-0.05, 0) is 23.8 Å². The number of esters is 5. The van der Waals surface area contributed by atoms with Crippen LogP contribution in [0.1, 0.15) is 50.0 Å². The van der Waals surface area contributed by atoms with Gasteiger partial charge < -0.3 is 33.0 Å². The lowest BCUT2D eigenvalue weighted by Crippen LogP contribution is -2.60. The summed E-state index contributed by atoms with van der Waals surface area (Å²) in [6, 6.07) is 5.36. The van der Waals surface area contributed by atoms with E-state index in [0.29, 0.717) is 17.5 Å². The van der Waals surface area contributed by atoms with Crippen LogP contribution in [-0.2, 0) is 54.0 Å². The first-order valence-electron chi connectivity index (χ1n) is 11.8. The molecule has 1 saturated heterocycles. The maximum Gasteiger partial charge on any atom is 0.355 e. The predicted molar refractivity (Wildman–Crippen MR) is 131 cm³/mol.